The van der Waals surface area contributed by atoms with Crippen molar-refractivity contribution in [2.45, 2.75) is 25.2 Å². The largest absolute Gasteiger partial charge is 0.496 e. The summed E-state index contributed by atoms with van der Waals surface area (Å²) in [5.74, 6) is 0.681. The maximum atomic E-state index is 12.4. The van der Waals surface area contributed by atoms with Crippen LogP contribution in [0, 0.1) is 6.92 Å². The van der Waals surface area contributed by atoms with Crippen molar-refractivity contribution in [1.82, 2.24) is 4.72 Å². The van der Waals surface area contributed by atoms with Crippen LogP contribution in [0.2, 0.25) is 0 Å². The zero-order chi connectivity index (χ0) is 18.3. The van der Waals surface area contributed by atoms with Crippen molar-refractivity contribution in [3.63, 3.8) is 0 Å². The molecule has 0 saturated heterocycles. The third-order valence-corrected chi connectivity index (χ3v) is 5.54. The summed E-state index contributed by atoms with van der Waals surface area (Å²) in [5.41, 5.74) is 1.95. The first kappa shape index (κ1) is 19.3. The van der Waals surface area contributed by atoms with Crippen molar-refractivity contribution in [2.24, 2.45) is 0 Å². The summed E-state index contributed by atoms with van der Waals surface area (Å²) in [6, 6.07) is 15.0. The highest BCUT2D eigenvalue weighted by atomic mass is 32.2. The molecular formula is C19H26N2O3S. The number of nitrogens with zero attached hydrogens (tertiary/aromatic N) is 1. The van der Waals surface area contributed by atoms with Crippen molar-refractivity contribution < 1.29 is 13.2 Å². The molecule has 0 spiro atoms. The van der Waals surface area contributed by atoms with E-state index in [2.05, 4.69) is 28.7 Å². The van der Waals surface area contributed by atoms with E-state index in [-0.39, 0.29) is 4.90 Å². The monoisotopic (exact) mass is 362 g/mol. The van der Waals surface area contributed by atoms with Gasteiger partial charge in [-0.15, -0.1) is 0 Å². The molecule has 2 aromatic carbocycles. The van der Waals surface area contributed by atoms with Crippen LogP contribution in [-0.2, 0) is 10.0 Å². The summed E-state index contributed by atoms with van der Waals surface area (Å²) in [5, 5.41) is 0. The Morgan fingerprint density at radius 2 is 1.84 bits per heavy atom. The van der Waals surface area contributed by atoms with E-state index in [0.29, 0.717) is 12.3 Å². The summed E-state index contributed by atoms with van der Waals surface area (Å²) in [6.45, 7) is 6.00. The number of hydrogen-bond donors (Lipinski definition) is 1. The number of rotatable bonds is 9. The third-order valence-electron chi connectivity index (χ3n) is 4.08. The number of para-hydroxylation sites is 1. The van der Waals surface area contributed by atoms with Gasteiger partial charge in [-0.1, -0.05) is 18.2 Å². The minimum atomic E-state index is -3.50. The predicted octanol–water partition coefficient (Wildman–Crippen LogP) is 3.20. The van der Waals surface area contributed by atoms with Crippen LogP contribution < -0.4 is 14.4 Å². The van der Waals surface area contributed by atoms with Crippen molar-refractivity contribution in [3.05, 3.63) is 54.1 Å². The third kappa shape index (κ3) is 5.21. The molecule has 2 aromatic rings. The molecule has 5 nitrogen and oxygen atoms in total. The quantitative estimate of drug-likeness (QED) is 0.696. The molecule has 6 heteroatoms. The fraction of sp³-hybridized carbons (Fsp3) is 0.368. The number of nitrogens with one attached hydrogen (secondary N) is 1. The molecule has 0 fully saturated rings. The molecule has 0 aromatic heterocycles. The van der Waals surface area contributed by atoms with Gasteiger partial charge in [-0.2, -0.15) is 0 Å². The van der Waals surface area contributed by atoms with Gasteiger partial charge in [0.2, 0.25) is 10.0 Å². The van der Waals surface area contributed by atoms with E-state index in [1.807, 2.05) is 25.1 Å². The van der Waals surface area contributed by atoms with Crippen LogP contribution in [-0.4, -0.2) is 35.2 Å². The molecule has 0 aliphatic carbocycles. The second-order valence-corrected chi connectivity index (χ2v) is 7.56. The lowest BCUT2D eigenvalue weighted by Gasteiger charge is -2.23. The number of ether oxygens (including phenoxy) is 1. The first-order valence-electron chi connectivity index (χ1n) is 8.42. The second-order valence-electron chi connectivity index (χ2n) is 5.80. The molecule has 2 rings (SSSR count). The van der Waals surface area contributed by atoms with Gasteiger partial charge in [-0.25, -0.2) is 13.1 Å². The standard InChI is InChI=1S/C19H26N2O3S/c1-4-21(17-9-6-5-7-10-17)14-8-13-20-25(22,23)18-11-12-19(24-3)16(2)15-18/h5-7,9-12,15,20H,4,8,13-14H2,1-3H3. The lowest BCUT2D eigenvalue weighted by Crippen LogP contribution is -2.30. The topological polar surface area (TPSA) is 58.6 Å². The number of sulfonamides is 1. The number of benzene rings is 2. The van der Waals surface area contributed by atoms with E-state index < -0.39 is 10.0 Å². The smallest absolute Gasteiger partial charge is 0.240 e. The van der Waals surface area contributed by atoms with Crippen LogP contribution >= 0.6 is 0 Å². The molecule has 0 unspecified atom stereocenters. The minimum absolute atomic E-state index is 0.265. The van der Waals surface area contributed by atoms with E-state index in [1.54, 1.807) is 25.3 Å². The van der Waals surface area contributed by atoms with Crippen LogP contribution in [0.4, 0.5) is 5.69 Å². The molecule has 136 valence electrons. The van der Waals surface area contributed by atoms with E-state index in [1.165, 1.54) is 0 Å². The number of anilines is 1. The van der Waals surface area contributed by atoms with Gasteiger partial charge in [-0.3, -0.25) is 0 Å². The SMILES string of the molecule is CCN(CCCNS(=O)(=O)c1ccc(OC)c(C)c1)c1ccccc1. The van der Waals surface area contributed by atoms with Crippen molar-refractivity contribution in [2.75, 3.05) is 31.6 Å². The van der Waals surface area contributed by atoms with Gasteiger partial charge in [-0.05, 0) is 56.2 Å². The highest BCUT2D eigenvalue weighted by molar-refractivity contribution is 7.89. The summed E-state index contributed by atoms with van der Waals surface area (Å²) < 4.78 is 32.7. The summed E-state index contributed by atoms with van der Waals surface area (Å²) in [4.78, 5) is 2.49. The molecule has 1 N–H and O–H groups in total. The van der Waals surface area contributed by atoms with E-state index in [4.69, 9.17) is 4.74 Å². The summed E-state index contributed by atoms with van der Waals surface area (Å²) in [6.07, 6.45) is 0.733. The minimum Gasteiger partial charge on any atom is -0.496 e. The summed E-state index contributed by atoms with van der Waals surface area (Å²) >= 11 is 0. The maximum absolute atomic E-state index is 12.4. The van der Waals surface area contributed by atoms with E-state index >= 15 is 0 Å². The average molecular weight is 362 g/mol. The fourth-order valence-corrected chi connectivity index (χ4v) is 3.85. The van der Waals surface area contributed by atoms with Gasteiger partial charge in [0, 0.05) is 25.3 Å². The van der Waals surface area contributed by atoms with E-state index in [9.17, 15) is 8.42 Å². The molecule has 0 aliphatic heterocycles. The molecule has 0 atom stereocenters. The average Bonchev–Trinajstić information content (AvgIpc) is 2.62. The number of methoxy groups -OCH3 is 1. The highest BCUT2D eigenvalue weighted by Crippen LogP contribution is 2.21. The molecule has 0 aliphatic rings. The second kappa shape index (κ2) is 8.87. The van der Waals surface area contributed by atoms with Gasteiger partial charge in [0.25, 0.3) is 0 Å². The van der Waals surface area contributed by atoms with Gasteiger partial charge in [0.15, 0.2) is 0 Å². The number of aryl methyl sites for hydroxylation is 1. The Hall–Kier alpha value is -2.05. The molecule has 0 amide bonds. The van der Waals surface area contributed by atoms with Crippen LogP contribution in [0.5, 0.6) is 5.75 Å². The van der Waals surface area contributed by atoms with Gasteiger partial charge < -0.3 is 9.64 Å². The Morgan fingerprint density at radius 3 is 2.44 bits per heavy atom. The molecule has 0 bridgehead atoms. The molecule has 0 heterocycles. The number of hydrogen-bond acceptors (Lipinski definition) is 4. The Labute approximate surface area is 150 Å². The molecule has 0 radical (unpaired) electrons. The molecule has 25 heavy (non-hydrogen) atoms. The fourth-order valence-electron chi connectivity index (χ4n) is 2.69. The zero-order valence-electron chi connectivity index (χ0n) is 15.0. The predicted molar refractivity (Wildman–Crippen MR) is 102 cm³/mol. The lowest BCUT2D eigenvalue weighted by molar-refractivity contribution is 0.411. The van der Waals surface area contributed by atoms with Gasteiger partial charge >= 0.3 is 0 Å². The normalized spacial score (nSPS) is 11.3. The first-order valence-corrected chi connectivity index (χ1v) is 9.90. The van der Waals surface area contributed by atoms with Crippen LogP contribution in [0.3, 0.4) is 0 Å². The lowest BCUT2D eigenvalue weighted by atomic mass is 10.2. The summed E-state index contributed by atoms with van der Waals surface area (Å²) in [7, 11) is -1.93. The zero-order valence-corrected chi connectivity index (χ0v) is 15.8. The van der Waals surface area contributed by atoms with Gasteiger partial charge in [0.05, 0.1) is 12.0 Å². The Morgan fingerprint density at radius 1 is 1.12 bits per heavy atom. The maximum Gasteiger partial charge on any atom is 0.240 e. The van der Waals surface area contributed by atoms with Crippen molar-refractivity contribution >= 4 is 15.7 Å². The van der Waals surface area contributed by atoms with Crippen LogP contribution in [0.15, 0.2) is 53.4 Å². The Balaban J connectivity index is 1.91. The van der Waals surface area contributed by atoms with Crippen molar-refractivity contribution in [1.29, 1.82) is 0 Å². The first-order chi connectivity index (χ1) is 12.0. The molecule has 0 saturated carbocycles. The van der Waals surface area contributed by atoms with E-state index in [0.717, 1.165) is 30.8 Å². The highest BCUT2D eigenvalue weighted by Gasteiger charge is 2.15. The van der Waals surface area contributed by atoms with Gasteiger partial charge in [0.1, 0.15) is 5.75 Å². The Bertz CT molecular complexity index is 777. The van der Waals surface area contributed by atoms with Crippen LogP contribution in [0.25, 0.3) is 0 Å². The van der Waals surface area contributed by atoms with Crippen molar-refractivity contribution in [3.8, 4) is 5.75 Å². The Kier molecular flexibility index (Phi) is 6.84. The van der Waals surface area contributed by atoms with Crippen LogP contribution in [0.1, 0.15) is 18.9 Å². The molecular weight excluding hydrogens is 336 g/mol.